The Kier molecular flexibility index (Phi) is 8.06. The first-order chi connectivity index (χ1) is 14.3. The molecule has 0 saturated carbocycles. The normalized spacial score (nSPS) is 11.6. The smallest absolute Gasteiger partial charge is 0.306 e. The molecule has 30 heavy (non-hydrogen) atoms. The number of aromatic hydroxyl groups is 1. The second-order valence-corrected chi connectivity index (χ2v) is 6.67. The molecule has 1 aromatic heterocycles. The third kappa shape index (κ3) is 5.64. The third-order valence-corrected chi connectivity index (χ3v) is 4.21. The van der Waals surface area contributed by atoms with E-state index >= 15 is 0 Å². The maximum Gasteiger partial charge on any atom is 0.306 e. The van der Waals surface area contributed by atoms with Crippen molar-refractivity contribution in [3.63, 3.8) is 0 Å². The Morgan fingerprint density at radius 3 is 2.60 bits per heavy atom. The van der Waals surface area contributed by atoms with Crippen molar-refractivity contribution in [2.24, 2.45) is 0 Å². The average molecular weight is 418 g/mol. The molecule has 0 saturated heterocycles. The summed E-state index contributed by atoms with van der Waals surface area (Å²) in [5, 5.41) is 19.7. The van der Waals surface area contributed by atoms with E-state index in [9.17, 15) is 19.8 Å². The number of rotatable bonds is 10. The first-order valence-electron chi connectivity index (χ1n) is 9.38. The lowest BCUT2D eigenvalue weighted by Gasteiger charge is -2.19. The molecule has 2 N–H and O–H groups in total. The minimum absolute atomic E-state index is 0.0324. The summed E-state index contributed by atoms with van der Waals surface area (Å²) in [6.45, 7) is 7.23. The Labute approximate surface area is 174 Å². The zero-order valence-electron chi connectivity index (χ0n) is 17.3. The second kappa shape index (κ2) is 10.5. The zero-order chi connectivity index (χ0) is 22.3. The predicted octanol–water partition coefficient (Wildman–Crippen LogP) is 2.89. The van der Waals surface area contributed by atoms with Gasteiger partial charge in [-0.2, -0.15) is 0 Å². The summed E-state index contributed by atoms with van der Waals surface area (Å²) in [6.07, 6.45) is -0.200. The third-order valence-electron chi connectivity index (χ3n) is 4.21. The van der Waals surface area contributed by atoms with E-state index < -0.39 is 29.7 Å². The molecule has 1 atom stereocenters. The van der Waals surface area contributed by atoms with Crippen LogP contribution in [-0.2, 0) is 16.1 Å². The molecular formula is C22H26O8. The topological polar surface area (TPSA) is 115 Å². The van der Waals surface area contributed by atoms with Gasteiger partial charge in [0.1, 0.15) is 19.0 Å². The van der Waals surface area contributed by atoms with Crippen molar-refractivity contribution < 1.29 is 33.6 Å². The number of esters is 1. The molecule has 8 heteroatoms. The van der Waals surface area contributed by atoms with Crippen LogP contribution in [0, 0.1) is 0 Å². The van der Waals surface area contributed by atoms with Crippen LogP contribution in [0.5, 0.6) is 17.2 Å². The van der Waals surface area contributed by atoms with E-state index in [1.807, 2.05) is 6.92 Å². The average Bonchev–Trinajstić information content (AvgIpc) is 2.72. The van der Waals surface area contributed by atoms with Crippen LogP contribution in [-0.4, -0.2) is 36.5 Å². The van der Waals surface area contributed by atoms with E-state index in [2.05, 4.69) is 6.58 Å². The van der Waals surface area contributed by atoms with E-state index in [1.165, 1.54) is 7.11 Å². The van der Waals surface area contributed by atoms with E-state index in [0.29, 0.717) is 23.7 Å². The van der Waals surface area contributed by atoms with Crippen molar-refractivity contribution in [2.75, 3.05) is 20.3 Å². The maximum absolute atomic E-state index is 12.2. The van der Waals surface area contributed by atoms with Crippen molar-refractivity contribution in [1.29, 1.82) is 0 Å². The molecular weight excluding hydrogens is 392 g/mol. The Bertz CT molecular complexity index is 960. The molecule has 0 amide bonds. The fourth-order valence-electron chi connectivity index (χ4n) is 2.84. The highest BCUT2D eigenvalue weighted by Gasteiger charge is 2.27. The Balaban J connectivity index is 2.55. The molecule has 0 aliphatic rings. The lowest BCUT2D eigenvalue weighted by atomic mass is 9.91. The number of ether oxygens (including phenoxy) is 3. The highest BCUT2D eigenvalue weighted by molar-refractivity contribution is 5.71. The van der Waals surface area contributed by atoms with Crippen LogP contribution in [0.25, 0.3) is 0 Å². The van der Waals surface area contributed by atoms with Gasteiger partial charge in [0.25, 0.3) is 0 Å². The van der Waals surface area contributed by atoms with E-state index in [4.69, 9.17) is 18.6 Å². The van der Waals surface area contributed by atoms with Crippen LogP contribution >= 0.6 is 0 Å². The molecule has 1 aromatic carbocycles. The first-order valence-corrected chi connectivity index (χ1v) is 9.38. The molecule has 1 unspecified atom stereocenters. The van der Waals surface area contributed by atoms with Gasteiger partial charge in [0.2, 0.25) is 11.2 Å². The minimum Gasteiger partial charge on any atom is -0.502 e. The summed E-state index contributed by atoms with van der Waals surface area (Å²) in [4.78, 5) is 24.3. The summed E-state index contributed by atoms with van der Waals surface area (Å²) in [5.41, 5.74) is 0.632. The molecule has 162 valence electrons. The number of aliphatic hydroxyl groups excluding tert-OH is 1. The molecule has 2 rings (SSSR count). The minimum atomic E-state index is -0.854. The molecule has 2 aromatic rings. The van der Waals surface area contributed by atoms with Crippen LogP contribution in [0.3, 0.4) is 0 Å². The van der Waals surface area contributed by atoms with Crippen molar-refractivity contribution >= 4 is 5.97 Å². The van der Waals surface area contributed by atoms with E-state index in [0.717, 1.165) is 11.6 Å². The first kappa shape index (κ1) is 23.0. The van der Waals surface area contributed by atoms with Crippen LogP contribution in [0.1, 0.15) is 43.3 Å². The molecule has 0 aliphatic carbocycles. The highest BCUT2D eigenvalue weighted by Crippen LogP contribution is 2.38. The van der Waals surface area contributed by atoms with E-state index in [-0.39, 0.29) is 24.5 Å². The van der Waals surface area contributed by atoms with Gasteiger partial charge < -0.3 is 28.8 Å². The SMILES string of the molecule is C=C(C)COc1ccc(C(CC(=O)OCC)c2oc(CO)cc(=O)c2O)cc1OC. The summed E-state index contributed by atoms with van der Waals surface area (Å²) in [6, 6.07) is 5.95. The quantitative estimate of drug-likeness (QED) is 0.447. The summed E-state index contributed by atoms with van der Waals surface area (Å²) >= 11 is 0. The number of benzene rings is 1. The number of carbonyl (C=O) groups excluding carboxylic acids is 1. The maximum atomic E-state index is 12.2. The summed E-state index contributed by atoms with van der Waals surface area (Å²) in [7, 11) is 1.47. The summed E-state index contributed by atoms with van der Waals surface area (Å²) in [5.74, 6) is -1.35. The van der Waals surface area contributed by atoms with Crippen LogP contribution < -0.4 is 14.9 Å². The lowest BCUT2D eigenvalue weighted by Crippen LogP contribution is -2.15. The van der Waals surface area contributed by atoms with Gasteiger partial charge >= 0.3 is 5.97 Å². The Hall–Kier alpha value is -3.26. The predicted molar refractivity (Wildman–Crippen MR) is 109 cm³/mol. The number of hydrogen-bond donors (Lipinski definition) is 2. The standard InChI is InChI=1S/C22H26O8/c1-5-28-20(25)10-16(22-21(26)17(24)9-15(11-23)30-22)14-6-7-18(19(8-14)27-4)29-12-13(2)3/h6-9,16,23,26H,2,5,10-12H2,1,3-4H3. The molecule has 0 radical (unpaired) electrons. The fraction of sp³-hybridized carbons (Fsp3) is 0.364. The summed E-state index contributed by atoms with van der Waals surface area (Å²) < 4.78 is 21.6. The molecule has 1 heterocycles. The van der Waals surface area contributed by atoms with Gasteiger partial charge in [0.15, 0.2) is 17.3 Å². The lowest BCUT2D eigenvalue weighted by molar-refractivity contribution is -0.143. The van der Waals surface area contributed by atoms with Crippen molar-refractivity contribution in [3.05, 3.63) is 63.7 Å². The number of aliphatic hydroxyl groups is 1. The van der Waals surface area contributed by atoms with Gasteiger partial charge in [-0.3, -0.25) is 9.59 Å². The molecule has 0 spiro atoms. The van der Waals surface area contributed by atoms with Gasteiger partial charge in [0, 0.05) is 6.07 Å². The van der Waals surface area contributed by atoms with Crippen molar-refractivity contribution in [1.82, 2.24) is 0 Å². The van der Waals surface area contributed by atoms with Crippen LogP contribution in [0.15, 0.2) is 45.6 Å². The second-order valence-electron chi connectivity index (χ2n) is 6.67. The number of hydrogen-bond acceptors (Lipinski definition) is 8. The van der Waals surface area contributed by atoms with Gasteiger partial charge in [0.05, 0.1) is 26.1 Å². The number of methoxy groups -OCH3 is 1. The Morgan fingerprint density at radius 1 is 1.27 bits per heavy atom. The fourth-order valence-corrected chi connectivity index (χ4v) is 2.84. The van der Waals surface area contributed by atoms with Gasteiger partial charge in [-0.05, 0) is 37.1 Å². The van der Waals surface area contributed by atoms with Crippen LogP contribution in [0.4, 0.5) is 0 Å². The van der Waals surface area contributed by atoms with E-state index in [1.54, 1.807) is 25.1 Å². The van der Waals surface area contributed by atoms with Crippen molar-refractivity contribution in [3.8, 4) is 17.2 Å². The molecule has 0 bridgehead atoms. The molecule has 0 fully saturated rings. The Morgan fingerprint density at radius 2 is 2.00 bits per heavy atom. The van der Waals surface area contributed by atoms with Crippen molar-refractivity contribution in [2.45, 2.75) is 32.8 Å². The van der Waals surface area contributed by atoms with Gasteiger partial charge in [-0.1, -0.05) is 12.6 Å². The largest absolute Gasteiger partial charge is 0.502 e. The monoisotopic (exact) mass is 418 g/mol. The van der Waals surface area contributed by atoms with Gasteiger partial charge in [-0.15, -0.1) is 0 Å². The molecule has 8 nitrogen and oxygen atoms in total. The van der Waals surface area contributed by atoms with Crippen LogP contribution in [0.2, 0.25) is 0 Å². The van der Waals surface area contributed by atoms with Gasteiger partial charge in [-0.25, -0.2) is 0 Å². The zero-order valence-corrected chi connectivity index (χ0v) is 17.3. The molecule has 0 aliphatic heterocycles. The highest BCUT2D eigenvalue weighted by atomic mass is 16.5. The number of carbonyl (C=O) groups is 1.